The van der Waals surface area contributed by atoms with Crippen LogP contribution in [0.4, 0.5) is 5.69 Å². The van der Waals surface area contributed by atoms with E-state index in [0.717, 1.165) is 20.3 Å². The molecule has 4 atom stereocenters. The molecule has 2 aromatic carbocycles. The lowest BCUT2D eigenvalue weighted by Gasteiger charge is -2.51. The lowest BCUT2D eigenvalue weighted by Crippen LogP contribution is -2.66. The van der Waals surface area contributed by atoms with Gasteiger partial charge in [0.2, 0.25) is 5.91 Å². The van der Waals surface area contributed by atoms with Gasteiger partial charge in [-0.25, -0.2) is 9.78 Å². The van der Waals surface area contributed by atoms with Crippen molar-refractivity contribution in [3.05, 3.63) is 93.4 Å². The lowest BCUT2D eigenvalue weighted by molar-refractivity contribution is -0.384. The molecule has 2 aliphatic rings. The molecule has 0 spiro atoms. The third-order valence-corrected chi connectivity index (χ3v) is 9.92. The molecule has 204 valence electrons. The molecule has 2 N–H and O–H groups in total. The first-order chi connectivity index (χ1) is 19.1. The van der Waals surface area contributed by atoms with Gasteiger partial charge in [-0.1, -0.05) is 49.0 Å². The average molecular weight is 577 g/mol. The Hall–Kier alpha value is -4.00. The number of benzene rings is 2. The van der Waals surface area contributed by atoms with E-state index in [2.05, 4.69) is 4.98 Å². The quantitative estimate of drug-likeness (QED) is 0.175. The Kier molecular flexibility index (Phi) is 6.28. The lowest BCUT2D eigenvalue weighted by atomic mass is 9.64. The average Bonchev–Trinajstić information content (AvgIpc) is 3.54. The fourth-order valence-electron chi connectivity index (χ4n) is 5.97. The molecule has 0 unspecified atom stereocenters. The number of fused-ring (bicyclic) bond motifs is 2. The van der Waals surface area contributed by atoms with E-state index in [9.17, 15) is 29.9 Å². The fourth-order valence-corrected chi connectivity index (χ4v) is 8.19. The van der Waals surface area contributed by atoms with Crippen LogP contribution >= 0.6 is 23.1 Å². The molecular weight excluding hydrogens is 552 g/mol. The SMILES string of the molecule is C[C@@H](O)[C@H]1C(=O)N2C(C(=O)O)=C(c3cn4cnc(Sc5ccccc5)c4s3)[C@](C)(Cc3ccc([N+](=O)[O-])cc3)[C@@H]12. The number of carboxylic acids is 1. The number of nitro groups is 1. The molecule has 1 amide bonds. The summed E-state index contributed by atoms with van der Waals surface area (Å²) in [5.74, 6) is -2.42. The Balaban J connectivity index is 1.48. The van der Waals surface area contributed by atoms with Gasteiger partial charge in [0.25, 0.3) is 5.69 Å². The van der Waals surface area contributed by atoms with Gasteiger partial charge in [0, 0.05) is 34.2 Å². The highest BCUT2D eigenvalue weighted by atomic mass is 32.2. The second-order valence-electron chi connectivity index (χ2n) is 10.2. The van der Waals surface area contributed by atoms with E-state index in [-0.39, 0.29) is 11.4 Å². The number of non-ortho nitro benzene ring substituents is 1. The molecule has 0 saturated carbocycles. The predicted molar refractivity (Wildman–Crippen MR) is 149 cm³/mol. The first-order valence-electron chi connectivity index (χ1n) is 12.5. The van der Waals surface area contributed by atoms with Crippen molar-refractivity contribution in [2.45, 2.75) is 42.3 Å². The van der Waals surface area contributed by atoms with Crippen LogP contribution in [0.2, 0.25) is 0 Å². The van der Waals surface area contributed by atoms with Gasteiger partial charge in [-0.05, 0) is 31.0 Å². The molecule has 10 nitrogen and oxygen atoms in total. The Morgan fingerprint density at radius 3 is 2.55 bits per heavy atom. The summed E-state index contributed by atoms with van der Waals surface area (Å²) in [5, 5.41) is 32.9. The van der Waals surface area contributed by atoms with Crippen molar-refractivity contribution in [3.8, 4) is 0 Å². The maximum atomic E-state index is 13.2. The number of hydrogen-bond donors (Lipinski definition) is 2. The van der Waals surface area contributed by atoms with Gasteiger partial charge in [-0.2, -0.15) is 0 Å². The number of hydrogen-bond acceptors (Lipinski definition) is 8. The molecule has 0 radical (unpaired) electrons. The van der Waals surface area contributed by atoms with Gasteiger partial charge >= 0.3 is 5.97 Å². The number of aliphatic hydroxyl groups excluding tert-OH is 1. The van der Waals surface area contributed by atoms with Crippen LogP contribution in [0.1, 0.15) is 24.3 Å². The van der Waals surface area contributed by atoms with Crippen molar-refractivity contribution in [3.63, 3.8) is 0 Å². The normalized spacial score (nSPS) is 22.9. The van der Waals surface area contributed by atoms with Gasteiger partial charge in [0.15, 0.2) is 0 Å². The summed E-state index contributed by atoms with van der Waals surface area (Å²) in [7, 11) is 0. The second kappa shape index (κ2) is 9.58. The maximum absolute atomic E-state index is 13.2. The number of nitro benzene ring substituents is 1. The smallest absolute Gasteiger partial charge is 0.352 e. The minimum Gasteiger partial charge on any atom is -0.477 e. The number of thiazole rings is 1. The number of amides is 1. The number of imidazole rings is 1. The summed E-state index contributed by atoms with van der Waals surface area (Å²) in [5.41, 5.74) is 0.220. The van der Waals surface area contributed by atoms with Gasteiger partial charge in [-0.15, -0.1) is 11.3 Å². The summed E-state index contributed by atoms with van der Waals surface area (Å²) < 4.78 is 1.85. The van der Waals surface area contributed by atoms with Gasteiger partial charge in [0.1, 0.15) is 21.9 Å². The zero-order valence-corrected chi connectivity index (χ0v) is 23.1. The van der Waals surface area contributed by atoms with E-state index in [4.69, 9.17) is 0 Å². The highest BCUT2D eigenvalue weighted by Crippen LogP contribution is 2.59. The van der Waals surface area contributed by atoms with Gasteiger partial charge in [0.05, 0.1) is 27.9 Å². The van der Waals surface area contributed by atoms with Gasteiger partial charge < -0.3 is 15.1 Å². The number of carbonyl (C=O) groups is 2. The number of aliphatic hydroxyl groups is 1. The molecule has 4 heterocycles. The van der Waals surface area contributed by atoms with Crippen molar-refractivity contribution in [1.82, 2.24) is 14.3 Å². The second-order valence-corrected chi connectivity index (χ2v) is 12.3. The highest BCUT2D eigenvalue weighted by Gasteiger charge is 2.66. The fraction of sp³-hybridized carbons (Fsp3) is 0.250. The van der Waals surface area contributed by atoms with Crippen molar-refractivity contribution in [2.24, 2.45) is 11.3 Å². The largest absolute Gasteiger partial charge is 0.477 e. The maximum Gasteiger partial charge on any atom is 0.352 e. The Morgan fingerprint density at radius 1 is 1.23 bits per heavy atom. The summed E-state index contributed by atoms with van der Waals surface area (Å²) >= 11 is 2.90. The molecule has 0 bridgehead atoms. The van der Waals surface area contributed by atoms with Crippen molar-refractivity contribution < 1.29 is 24.7 Å². The van der Waals surface area contributed by atoms with Crippen LogP contribution < -0.4 is 0 Å². The minimum absolute atomic E-state index is 0.0472. The molecule has 1 fully saturated rings. The minimum atomic E-state index is -1.22. The monoisotopic (exact) mass is 576 g/mol. The molecule has 2 aromatic heterocycles. The van der Waals surface area contributed by atoms with Crippen LogP contribution in [0.5, 0.6) is 0 Å². The molecule has 12 heteroatoms. The molecule has 1 saturated heterocycles. The standard InChI is InChI=1S/C28H24N4O6S2/c1-15(33)20-23-28(2,12-16-8-10-17(11-9-16)32(37)38)21(22(27(35)36)31(23)25(20)34)19-13-30-14-29-24(26(30)40-19)39-18-6-4-3-5-7-18/h3-11,13-15,20,23,33H,12H2,1-2H3,(H,35,36)/t15-,20-,23-,28+/m1/s1. The van der Waals surface area contributed by atoms with Crippen LogP contribution in [0.15, 0.2) is 82.7 Å². The number of carboxylic acid groups (broad SMARTS) is 1. The number of aliphatic carboxylic acids is 1. The van der Waals surface area contributed by atoms with Crippen molar-refractivity contribution >= 4 is 51.1 Å². The highest BCUT2D eigenvalue weighted by molar-refractivity contribution is 7.99. The van der Waals surface area contributed by atoms with Crippen LogP contribution in [0.25, 0.3) is 10.4 Å². The zero-order valence-electron chi connectivity index (χ0n) is 21.4. The third-order valence-electron chi connectivity index (χ3n) is 7.67. The molecule has 2 aliphatic heterocycles. The third kappa shape index (κ3) is 4.02. The van der Waals surface area contributed by atoms with E-state index in [1.54, 1.807) is 25.4 Å². The van der Waals surface area contributed by atoms with Crippen LogP contribution in [0, 0.1) is 21.4 Å². The first-order valence-corrected chi connectivity index (χ1v) is 14.2. The van der Waals surface area contributed by atoms with E-state index in [1.807, 2.05) is 47.9 Å². The summed E-state index contributed by atoms with van der Waals surface area (Å²) in [6.45, 7) is 3.45. The molecule has 6 rings (SSSR count). The summed E-state index contributed by atoms with van der Waals surface area (Å²) in [6.07, 6.45) is 2.85. The number of carbonyl (C=O) groups excluding carboxylic acids is 1. The first kappa shape index (κ1) is 26.2. The van der Waals surface area contributed by atoms with E-state index >= 15 is 0 Å². The number of β-lactam (4-membered cyclic amide) rings is 1. The van der Waals surface area contributed by atoms with Crippen molar-refractivity contribution in [1.29, 1.82) is 0 Å². The summed E-state index contributed by atoms with van der Waals surface area (Å²) in [4.78, 5) is 45.0. The van der Waals surface area contributed by atoms with E-state index in [0.29, 0.717) is 16.9 Å². The Labute approximate surface area is 236 Å². The molecule has 40 heavy (non-hydrogen) atoms. The summed E-state index contributed by atoms with van der Waals surface area (Å²) in [6, 6.07) is 15.4. The van der Waals surface area contributed by atoms with Crippen LogP contribution in [-0.2, 0) is 16.0 Å². The van der Waals surface area contributed by atoms with Crippen molar-refractivity contribution in [2.75, 3.05) is 0 Å². The molecule has 4 aromatic rings. The molecular formula is C28H24N4O6S2. The number of aromatic nitrogens is 2. The predicted octanol–water partition coefficient (Wildman–Crippen LogP) is 4.72. The van der Waals surface area contributed by atoms with Crippen LogP contribution in [0.3, 0.4) is 0 Å². The molecule has 0 aliphatic carbocycles. The van der Waals surface area contributed by atoms with Crippen LogP contribution in [-0.4, -0.2) is 53.4 Å². The number of nitrogens with zero attached hydrogens (tertiary/aromatic N) is 4. The number of rotatable bonds is 8. The Morgan fingerprint density at radius 2 is 1.93 bits per heavy atom. The zero-order chi connectivity index (χ0) is 28.3. The van der Waals surface area contributed by atoms with Gasteiger partial charge in [-0.3, -0.25) is 19.3 Å². The Bertz CT molecular complexity index is 1690. The van der Waals surface area contributed by atoms with E-state index < -0.39 is 40.3 Å². The topological polar surface area (TPSA) is 138 Å². The van der Waals surface area contributed by atoms with E-state index in [1.165, 1.54) is 40.1 Å².